The second-order valence-electron chi connectivity index (χ2n) is 4.90. The van der Waals surface area contributed by atoms with Gasteiger partial charge in [0, 0.05) is 0 Å². The molecule has 2 aromatic carbocycles. The van der Waals surface area contributed by atoms with Gasteiger partial charge < -0.3 is 0 Å². The van der Waals surface area contributed by atoms with Crippen LogP contribution in [0.2, 0.25) is 0 Å². The van der Waals surface area contributed by atoms with Gasteiger partial charge in [0.2, 0.25) is 0 Å². The molecule has 0 saturated heterocycles. The Hall–Kier alpha value is -2.58. The van der Waals surface area contributed by atoms with Crippen molar-refractivity contribution < 1.29 is 8.42 Å². The average Bonchev–Trinajstić information content (AvgIpc) is 2.49. The van der Waals surface area contributed by atoms with Gasteiger partial charge in [-0.15, -0.1) is 6.58 Å². The molecule has 0 unspecified atom stereocenters. The Morgan fingerprint density at radius 1 is 1.23 bits per heavy atom. The number of rotatable bonds is 5. The van der Waals surface area contributed by atoms with E-state index in [9.17, 15) is 8.42 Å². The van der Waals surface area contributed by atoms with Crippen LogP contribution in [-0.4, -0.2) is 8.42 Å². The molecule has 4 nitrogen and oxygen atoms in total. The fraction of sp³-hybridized carbons (Fsp3) is 0.118. The van der Waals surface area contributed by atoms with Crippen molar-refractivity contribution in [3.63, 3.8) is 0 Å². The number of allylic oxidation sites excluding steroid dienone is 1. The second kappa shape index (κ2) is 6.46. The molecule has 0 fully saturated rings. The number of nitriles is 1. The summed E-state index contributed by atoms with van der Waals surface area (Å²) in [6.07, 6.45) is 2.14. The lowest BCUT2D eigenvalue weighted by Gasteiger charge is -2.12. The largest absolute Gasteiger partial charge is 0.279 e. The fourth-order valence-corrected chi connectivity index (χ4v) is 3.11. The Morgan fingerprint density at radius 2 is 1.91 bits per heavy atom. The number of nitrogens with zero attached hydrogens (tertiary/aromatic N) is 1. The predicted molar refractivity (Wildman–Crippen MR) is 87.0 cm³/mol. The Bertz CT molecular complexity index is 832. The van der Waals surface area contributed by atoms with Gasteiger partial charge in [-0.25, -0.2) is 8.42 Å². The van der Waals surface area contributed by atoms with Gasteiger partial charge in [0.15, 0.2) is 0 Å². The van der Waals surface area contributed by atoms with Crippen molar-refractivity contribution in [2.75, 3.05) is 4.72 Å². The van der Waals surface area contributed by atoms with Crippen LogP contribution in [-0.2, 0) is 16.4 Å². The van der Waals surface area contributed by atoms with Gasteiger partial charge in [-0.05, 0) is 49.2 Å². The van der Waals surface area contributed by atoms with Gasteiger partial charge in [0.05, 0.1) is 22.2 Å². The molecular formula is C17H16N2O2S. The zero-order valence-electron chi connectivity index (χ0n) is 12.2. The monoisotopic (exact) mass is 312 g/mol. The number of aryl methyl sites for hydroxylation is 1. The van der Waals surface area contributed by atoms with Gasteiger partial charge >= 0.3 is 0 Å². The smallest absolute Gasteiger partial charge is 0.261 e. The van der Waals surface area contributed by atoms with Crippen molar-refractivity contribution in [3.8, 4) is 6.07 Å². The molecule has 0 radical (unpaired) electrons. The second-order valence-corrected chi connectivity index (χ2v) is 6.58. The van der Waals surface area contributed by atoms with Gasteiger partial charge in [-0.3, -0.25) is 4.72 Å². The van der Waals surface area contributed by atoms with Crippen LogP contribution in [0.3, 0.4) is 0 Å². The number of sulfonamides is 1. The molecule has 1 N–H and O–H groups in total. The van der Waals surface area contributed by atoms with Crippen molar-refractivity contribution in [1.29, 1.82) is 5.26 Å². The summed E-state index contributed by atoms with van der Waals surface area (Å²) in [6, 6.07) is 13.5. The quantitative estimate of drug-likeness (QED) is 0.860. The molecule has 0 aliphatic carbocycles. The summed E-state index contributed by atoms with van der Waals surface area (Å²) in [5.41, 5.74) is 2.64. The molecule has 2 aromatic rings. The van der Waals surface area contributed by atoms with E-state index >= 15 is 0 Å². The van der Waals surface area contributed by atoms with Crippen LogP contribution >= 0.6 is 0 Å². The molecule has 0 amide bonds. The van der Waals surface area contributed by atoms with Crippen molar-refractivity contribution in [3.05, 3.63) is 71.8 Å². The molecule has 0 atom stereocenters. The topological polar surface area (TPSA) is 70.0 Å². The van der Waals surface area contributed by atoms with Crippen LogP contribution < -0.4 is 4.72 Å². The van der Waals surface area contributed by atoms with E-state index in [1.807, 2.05) is 13.0 Å². The fourth-order valence-electron chi connectivity index (χ4n) is 2.01. The van der Waals surface area contributed by atoms with E-state index in [1.165, 1.54) is 0 Å². The molecule has 0 saturated carbocycles. The van der Waals surface area contributed by atoms with E-state index in [1.54, 1.807) is 48.5 Å². The van der Waals surface area contributed by atoms with Crippen LogP contribution in [0.15, 0.2) is 60.0 Å². The molecule has 0 aliphatic heterocycles. The highest BCUT2D eigenvalue weighted by Gasteiger charge is 2.15. The van der Waals surface area contributed by atoms with Crippen LogP contribution in [0.5, 0.6) is 0 Å². The summed E-state index contributed by atoms with van der Waals surface area (Å²) in [5, 5.41) is 8.94. The predicted octanol–water partition coefficient (Wildman–Crippen LogP) is 3.40. The summed E-state index contributed by atoms with van der Waals surface area (Å²) >= 11 is 0. The Kier molecular flexibility index (Phi) is 4.64. The molecule has 22 heavy (non-hydrogen) atoms. The van der Waals surface area contributed by atoms with Crippen LogP contribution in [0.1, 0.15) is 16.7 Å². The summed E-state index contributed by atoms with van der Waals surface area (Å²) in [5.74, 6) is 0. The summed E-state index contributed by atoms with van der Waals surface area (Å²) in [6.45, 7) is 5.55. The van der Waals surface area contributed by atoms with E-state index in [2.05, 4.69) is 11.3 Å². The van der Waals surface area contributed by atoms with Gasteiger partial charge in [-0.2, -0.15) is 5.26 Å². The first kappa shape index (κ1) is 15.8. The summed E-state index contributed by atoms with van der Waals surface area (Å²) < 4.78 is 27.4. The molecule has 0 heterocycles. The molecule has 0 bridgehead atoms. The number of hydrogen-bond acceptors (Lipinski definition) is 3. The first-order chi connectivity index (χ1) is 10.5. The van der Waals surface area contributed by atoms with Crippen molar-refractivity contribution >= 4 is 15.7 Å². The maximum Gasteiger partial charge on any atom is 0.261 e. The zero-order chi connectivity index (χ0) is 16.2. The summed E-state index contributed by atoms with van der Waals surface area (Å²) in [7, 11) is -3.66. The van der Waals surface area contributed by atoms with E-state index in [0.717, 1.165) is 5.56 Å². The van der Waals surface area contributed by atoms with E-state index in [0.29, 0.717) is 23.2 Å². The summed E-state index contributed by atoms with van der Waals surface area (Å²) in [4.78, 5) is 0.201. The lowest BCUT2D eigenvalue weighted by atomic mass is 10.1. The first-order valence-corrected chi connectivity index (χ1v) is 8.18. The third-order valence-electron chi connectivity index (χ3n) is 3.17. The van der Waals surface area contributed by atoms with Crippen molar-refractivity contribution in [2.45, 2.75) is 18.2 Å². The van der Waals surface area contributed by atoms with Gasteiger partial charge in [0.25, 0.3) is 10.0 Å². The van der Waals surface area contributed by atoms with Gasteiger partial charge in [-0.1, -0.05) is 23.8 Å². The first-order valence-electron chi connectivity index (χ1n) is 6.69. The highest BCUT2D eigenvalue weighted by molar-refractivity contribution is 7.92. The SMILES string of the molecule is C=CCc1cc(C#N)ccc1NS(=O)(=O)c1ccc(C)cc1. The molecule has 0 spiro atoms. The molecule has 112 valence electrons. The lowest BCUT2D eigenvalue weighted by molar-refractivity contribution is 0.601. The highest BCUT2D eigenvalue weighted by atomic mass is 32.2. The minimum Gasteiger partial charge on any atom is -0.279 e. The molecule has 0 aromatic heterocycles. The van der Waals surface area contributed by atoms with Crippen LogP contribution in [0.25, 0.3) is 0 Å². The maximum atomic E-state index is 12.4. The molecule has 0 aliphatic rings. The minimum atomic E-state index is -3.66. The Balaban J connectivity index is 2.39. The number of hydrogen-bond donors (Lipinski definition) is 1. The highest BCUT2D eigenvalue weighted by Crippen LogP contribution is 2.22. The lowest BCUT2D eigenvalue weighted by Crippen LogP contribution is -2.14. The Morgan fingerprint density at radius 3 is 2.50 bits per heavy atom. The van der Waals surface area contributed by atoms with Crippen LogP contribution in [0.4, 0.5) is 5.69 Å². The molecular weight excluding hydrogens is 296 g/mol. The number of benzene rings is 2. The van der Waals surface area contributed by atoms with Crippen molar-refractivity contribution in [1.82, 2.24) is 0 Å². The third-order valence-corrected chi connectivity index (χ3v) is 4.56. The normalized spacial score (nSPS) is 10.7. The van der Waals surface area contributed by atoms with E-state index < -0.39 is 10.0 Å². The standard InChI is InChI=1S/C17H16N2O2S/c1-3-4-15-11-14(12-18)7-10-17(15)19-22(20,21)16-8-5-13(2)6-9-16/h3,5-11,19H,1,4H2,2H3. The number of nitrogens with one attached hydrogen (secondary N) is 1. The maximum absolute atomic E-state index is 12.4. The van der Waals surface area contributed by atoms with Crippen molar-refractivity contribution in [2.24, 2.45) is 0 Å². The molecule has 2 rings (SSSR count). The molecule has 5 heteroatoms. The average molecular weight is 312 g/mol. The minimum absolute atomic E-state index is 0.201. The van der Waals surface area contributed by atoms with Gasteiger partial charge in [0.1, 0.15) is 0 Å². The Labute approximate surface area is 130 Å². The van der Waals surface area contributed by atoms with Crippen LogP contribution in [0, 0.1) is 18.3 Å². The zero-order valence-corrected chi connectivity index (χ0v) is 13.0. The third kappa shape index (κ3) is 3.54. The number of anilines is 1. The van der Waals surface area contributed by atoms with E-state index in [4.69, 9.17) is 5.26 Å². The van der Waals surface area contributed by atoms with E-state index in [-0.39, 0.29) is 4.90 Å².